The molecule has 1 heterocycles. The SMILES string of the molecule is CCNC(C)CC(=O)NC1COCC1(C)C(=O)O. The Kier molecular flexibility index (Phi) is 5.10. The molecule has 3 atom stereocenters. The molecule has 6 nitrogen and oxygen atoms in total. The number of rotatable bonds is 6. The van der Waals surface area contributed by atoms with E-state index in [0.29, 0.717) is 6.42 Å². The lowest BCUT2D eigenvalue weighted by atomic mass is 9.85. The van der Waals surface area contributed by atoms with Gasteiger partial charge in [-0.2, -0.15) is 0 Å². The van der Waals surface area contributed by atoms with Crippen LogP contribution in [0.5, 0.6) is 0 Å². The Morgan fingerprint density at radius 1 is 1.56 bits per heavy atom. The molecule has 0 aromatic heterocycles. The predicted molar refractivity (Wildman–Crippen MR) is 66.2 cm³/mol. The van der Waals surface area contributed by atoms with Gasteiger partial charge in [-0.25, -0.2) is 0 Å². The summed E-state index contributed by atoms with van der Waals surface area (Å²) in [7, 11) is 0. The number of ether oxygens (including phenoxy) is 1. The summed E-state index contributed by atoms with van der Waals surface area (Å²) in [6.45, 7) is 6.68. The molecule has 0 aromatic rings. The van der Waals surface area contributed by atoms with E-state index in [1.807, 2.05) is 13.8 Å². The van der Waals surface area contributed by atoms with E-state index in [1.165, 1.54) is 0 Å². The lowest BCUT2D eigenvalue weighted by molar-refractivity contribution is -0.149. The highest BCUT2D eigenvalue weighted by molar-refractivity contribution is 5.80. The van der Waals surface area contributed by atoms with Crippen molar-refractivity contribution >= 4 is 11.9 Å². The van der Waals surface area contributed by atoms with E-state index in [2.05, 4.69) is 10.6 Å². The van der Waals surface area contributed by atoms with Crippen LogP contribution in [0.1, 0.15) is 27.2 Å². The van der Waals surface area contributed by atoms with Crippen molar-refractivity contribution < 1.29 is 19.4 Å². The minimum Gasteiger partial charge on any atom is -0.481 e. The van der Waals surface area contributed by atoms with Crippen LogP contribution in [0.25, 0.3) is 0 Å². The first kappa shape index (κ1) is 14.9. The molecule has 1 aliphatic rings. The van der Waals surface area contributed by atoms with Crippen LogP contribution in [0.4, 0.5) is 0 Å². The summed E-state index contributed by atoms with van der Waals surface area (Å²) in [6, 6.07) is -0.385. The van der Waals surface area contributed by atoms with E-state index in [0.717, 1.165) is 6.54 Å². The summed E-state index contributed by atoms with van der Waals surface area (Å²) in [5.41, 5.74) is -1.03. The molecule has 0 aliphatic carbocycles. The Hall–Kier alpha value is -1.14. The van der Waals surface area contributed by atoms with Gasteiger partial charge in [0.05, 0.1) is 19.3 Å². The molecule has 1 fully saturated rings. The van der Waals surface area contributed by atoms with Crippen LogP contribution in [0.2, 0.25) is 0 Å². The summed E-state index contributed by atoms with van der Waals surface area (Å²) in [5.74, 6) is -1.09. The van der Waals surface area contributed by atoms with Gasteiger partial charge in [0.25, 0.3) is 0 Å². The second-order valence-electron chi connectivity index (χ2n) is 5.02. The van der Waals surface area contributed by atoms with Crippen molar-refractivity contribution in [3.63, 3.8) is 0 Å². The third-order valence-corrected chi connectivity index (χ3v) is 3.32. The first-order valence-corrected chi connectivity index (χ1v) is 6.24. The number of carboxylic acids is 1. The minimum atomic E-state index is -1.03. The predicted octanol–water partition coefficient (Wildman–Crippen LogP) is -0.0196. The highest BCUT2D eigenvalue weighted by Crippen LogP contribution is 2.28. The topological polar surface area (TPSA) is 87.7 Å². The second-order valence-corrected chi connectivity index (χ2v) is 5.02. The van der Waals surface area contributed by atoms with Gasteiger partial charge in [-0.05, 0) is 20.4 Å². The Balaban J connectivity index is 2.51. The van der Waals surface area contributed by atoms with E-state index in [-0.39, 0.29) is 25.2 Å². The van der Waals surface area contributed by atoms with Gasteiger partial charge < -0.3 is 20.5 Å². The normalized spacial score (nSPS) is 28.9. The molecule has 3 unspecified atom stereocenters. The lowest BCUT2D eigenvalue weighted by Crippen LogP contribution is -2.50. The van der Waals surface area contributed by atoms with Crippen molar-refractivity contribution in [2.24, 2.45) is 5.41 Å². The molecule has 3 N–H and O–H groups in total. The lowest BCUT2D eigenvalue weighted by Gasteiger charge is -2.26. The Morgan fingerprint density at radius 2 is 2.22 bits per heavy atom. The molecule has 1 amide bonds. The number of hydrogen-bond acceptors (Lipinski definition) is 4. The number of hydrogen-bond donors (Lipinski definition) is 3. The van der Waals surface area contributed by atoms with Crippen molar-refractivity contribution in [1.29, 1.82) is 0 Å². The number of carboxylic acid groups (broad SMARTS) is 1. The van der Waals surface area contributed by atoms with Crippen molar-refractivity contribution in [2.45, 2.75) is 39.3 Å². The fraction of sp³-hybridized carbons (Fsp3) is 0.833. The molecule has 18 heavy (non-hydrogen) atoms. The Morgan fingerprint density at radius 3 is 2.78 bits per heavy atom. The van der Waals surface area contributed by atoms with Gasteiger partial charge in [0.15, 0.2) is 0 Å². The highest BCUT2D eigenvalue weighted by atomic mass is 16.5. The van der Waals surface area contributed by atoms with Gasteiger partial charge in [-0.15, -0.1) is 0 Å². The zero-order valence-electron chi connectivity index (χ0n) is 11.2. The monoisotopic (exact) mass is 258 g/mol. The van der Waals surface area contributed by atoms with Crippen LogP contribution < -0.4 is 10.6 Å². The van der Waals surface area contributed by atoms with Crippen molar-refractivity contribution in [3.8, 4) is 0 Å². The maximum Gasteiger partial charge on any atom is 0.313 e. The Bertz CT molecular complexity index is 321. The van der Waals surface area contributed by atoms with Crippen LogP contribution in [0, 0.1) is 5.41 Å². The van der Waals surface area contributed by atoms with Gasteiger partial charge in [0, 0.05) is 12.5 Å². The number of nitrogens with one attached hydrogen (secondary N) is 2. The van der Waals surface area contributed by atoms with E-state index >= 15 is 0 Å². The average Bonchev–Trinajstić information content (AvgIpc) is 2.61. The smallest absolute Gasteiger partial charge is 0.313 e. The first-order chi connectivity index (χ1) is 8.40. The zero-order valence-corrected chi connectivity index (χ0v) is 11.2. The third kappa shape index (κ3) is 3.43. The zero-order chi connectivity index (χ0) is 13.8. The fourth-order valence-corrected chi connectivity index (χ4v) is 2.04. The molecule has 104 valence electrons. The third-order valence-electron chi connectivity index (χ3n) is 3.32. The molecule has 1 saturated heterocycles. The van der Waals surface area contributed by atoms with Crippen LogP contribution in [0.3, 0.4) is 0 Å². The largest absolute Gasteiger partial charge is 0.481 e. The molecule has 6 heteroatoms. The fourth-order valence-electron chi connectivity index (χ4n) is 2.04. The Labute approximate surface area is 107 Å². The maximum atomic E-state index is 11.8. The molecule has 0 radical (unpaired) electrons. The van der Waals surface area contributed by atoms with Crippen LogP contribution in [-0.4, -0.2) is 48.8 Å². The first-order valence-electron chi connectivity index (χ1n) is 6.24. The quantitative estimate of drug-likeness (QED) is 0.623. The maximum absolute atomic E-state index is 11.8. The van der Waals surface area contributed by atoms with Crippen LogP contribution >= 0.6 is 0 Å². The van der Waals surface area contributed by atoms with Crippen molar-refractivity contribution in [2.75, 3.05) is 19.8 Å². The molecule has 0 spiro atoms. The van der Waals surface area contributed by atoms with Gasteiger partial charge in [-0.3, -0.25) is 9.59 Å². The second kappa shape index (κ2) is 6.15. The van der Waals surface area contributed by atoms with Gasteiger partial charge in [0.1, 0.15) is 5.41 Å². The highest BCUT2D eigenvalue weighted by Gasteiger charge is 2.47. The summed E-state index contributed by atoms with van der Waals surface area (Å²) in [6.07, 6.45) is 0.333. The minimum absolute atomic E-state index is 0.0772. The number of amides is 1. The van der Waals surface area contributed by atoms with Gasteiger partial charge in [-0.1, -0.05) is 6.92 Å². The summed E-state index contributed by atoms with van der Waals surface area (Å²) < 4.78 is 5.18. The van der Waals surface area contributed by atoms with Crippen molar-refractivity contribution in [3.05, 3.63) is 0 Å². The number of carbonyl (C=O) groups is 2. The summed E-state index contributed by atoms with van der Waals surface area (Å²) in [5, 5.41) is 15.1. The van der Waals surface area contributed by atoms with E-state index in [1.54, 1.807) is 6.92 Å². The van der Waals surface area contributed by atoms with Crippen molar-refractivity contribution in [1.82, 2.24) is 10.6 Å². The molecule has 0 aromatic carbocycles. The van der Waals surface area contributed by atoms with Crippen LogP contribution in [-0.2, 0) is 14.3 Å². The molecule has 1 rings (SSSR count). The summed E-state index contributed by atoms with van der Waals surface area (Å²) in [4.78, 5) is 23.0. The van der Waals surface area contributed by atoms with E-state index in [4.69, 9.17) is 4.74 Å². The molecule has 1 aliphatic heterocycles. The average molecular weight is 258 g/mol. The van der Waals surface area contributed by atoms with E-state index in [9.17, 15) is 14.7 Å². The van der Waals surface area contributed by atoms with Crippen LogP contribution in [0.15, 0.2) is 0 Å². The van der Waals surface area contributed by atoms with Gasteiger partial charge in [0.2, 0.25) is 5.91 Å². The molecule has 0 saturated carbocycles. The number of carbonyl (C=O) groups excluding carboxylic acids is 1. The van der Waals surface area contributed by atoms with E-state index < -0.39 is 17.4 Å². The standard InChI is InChI=1S/C12H22N2O4/c1-4-13-8(2)5-10(15)14-9-6-18-7-12(9,3)11(16)17/h8-9,13H,4-7H2,1-3H3,(H,14,15)(H,16,17). The number of aliphatic carboxylic acids is 1. The summed E-state index contributed by atoms with van der Waals surface area (Å²) >= 11 is 0. The van der Waals surface area contributed by atoms with Gasteiger partial charge >= 0.3 is 5.97 Å². The molecular formula is C12H22N2O4. The molecule has 0 bridgehead atoms. The molecular weight excluding hydrogens is 236 g/mol.